The van der Waals surface area contributed by atoms with Crippen molar-refractivity contribution in [2.75, 3.05) is 0 Å². The Kier molecular flexibility index (Phi) is 8.03. The van der Waals surface area contributed by atoms with Crippen LogP contribution in [-0.2, 0) is 24.9 Å². The molecule has 24 heavy (non-hydrogen) atoms. The van der Waals surface area contributed by atoms with Crippen molar-refractivity contribution >= 4 is 5.78 Å². The van der Waals surface area contributed by atoms with Crippen molar-refractivity contribution in [1.82, 2.24) is 4.98 Å². The standard InChI is InChI=1S/C15H9N.C5H8O2.Ir/c1-2-5-12-8-9-15(14(12)7-3-1)13-6-4-10-16-11-13;1-4(6)3-5(2)7;/h1-8,10H;3,6H,1-2H3;/q-2;;/b;4-3-;. The Labute approximate surface area is 155 Å². The van der Waals surface area contributed by atoms with Gasteiger partial charge in [-0.1, -0.05) is 30.6 Å². The molecule has 125 valence electrons. The fraction of sp³-hybridized carbons (Fsp3) is 0.100. The molecule has 0 aromatic carbocycles. The molecule has 2 aliphatic carbocycles. The second-order valence-electron chi connectivity index (χ2n) is 5.00. The molecule has 0 aliphatic heterocycles. The molecule has 0 amide bonds. The first-order valence-corrected chi connectivity index (χ1v) is 7.18. The maximum atomic E-state index is 10.0. The van der Waals surface area contributed by atoms with E-state index in [1.165, 1.54) is 31.1 Å². The van der Waals surface area contributed by atoms with Crippen molar-refractivity contribution in [3.8, 4) is 22.3 Å². The smallest absolute Gasteiger partial charge is 0.155 e. The molecular weight excluding hydrogens is 478 g/mol. The van der Waals surface area contributed by atoms with Crippen LogP contribution in [-0.4, -0.2) is 15.9 Å². The minimum Gasteiger partial charge on any atom is -0.512 e. The molecule has 0 unspecified atom stereocenters. The number of carbonyl (C=O) groups is 1. The van der Waals surface area contributed by atoms with Gasteiger partial charge in [-0.05, 0) is 13.8 Å². The van der Waals surface area contributed by atoms with E-state index in [1.807, 2.05) is 36.4 Å². The number of pyridine rings is 1. The molecule has 1 heterocycles. The zero-order chi connectivity index (χ0) is 16.7. The van der Waals surface area contributed by atoms with Crippen LogP contribution in [0.3, 0.4) is 0 Å². The van der Waals surface area contributed by atoms with Gasteiger partial charge >= 0.3 is 0 Å². The number of fused-ring (bicyclic) bond motifs is 1. The van der Waals surface area contributed by atoms with Crippen LogP contribution in [0.25, 0.3) is 22.3 Å². The number of ketones is 1. The third-order valence-corrected chi connectivity index (χ3v) is 3.00. The third kappa shape index (κ3) is 5.73. The van der Waals surface area contributed by atoms with E-state index in [0.717, 1.165) is 11.1 Å². The normalized spacial score (nSPS) is 10.3. The van der Waals surface area contributed by atoms with Gasteiger partial charge in [-0.3, -0.25) is 4.79 Å². The van der Waals surface area contributed by atoms with Crippen LogP contribution in [0.5, 0.6) is 0 Å². The number of allylic oxidation sites excluding steroid dienone is 2. The molecule has 1 N–H and O–H groups in total. The van der Waals surface area contributed by atoms with Crippen molar-refractivity contribution in [1.29, 1.82) is 0 Å². The summed E-state index contributed by atoms with van der Waals surface area (Å²) in [6.07, 6.45) is 5.89. The number of hydrogen-bond acceptors (Lipinski definition) is 3. The fourth-order valence-corrected chi connectivity index (χ4v) is 2.12. The van der Waals surface area contributed by atoms with Crippen molar-refractivity contribution < 1.29 is 30.0 Å². The van der Waals surface area contributed by atoms with E-state index in [1.54, 1.807) is 6.20 Å². The van der Waals surface area contributed by atoms with Crippen molar-refractivity contribution in [3.63, 3.8) is 0 Å². The van der Waals surface area contributed by atoms with E-state index in [-0.39, 0.29) is 31.6 Å². The monoisotopic (exact) mass is 496 g/mol. The molecule has 2 aliphatic rings. The van der Waals surface area contributed by atoms with E-state index in [0.29, 0.717) is 0 Å². The van der Waals surface area contributed by atoms with Gasteiger partial charge in [0.1, 0.15) is 0 Å². The second-order valence-corrected chi connectivity index (χ2v) is 5.00. The van der Waals surface area contributed by atoms with Gasteiger partial charge < -0.3 is 10.1 Å². The molecule has 3 nitrogen and oxygen atoms in total. The first-order valence-electron chi connectivity index (χ1n) is 7.18. The molecule has 0 saturated heterocycles. The van der Waals surface area contributed by atoms with E-state index in [4.69, 9.17) is 5.11 Å². The second kappa shape index (κ2) is 9.76. The quantitative estimate of drug-likeness (QED) is 0.324. The molecule has 0 bridgehead atoms. The Morgan fingerprint density at radius 2 is 1.88 bits per heavy atom. The number of rotatable bonds is 2. The van der Waals surface area contributed by atoms with E-state index >= 15 is 0 Å². The summed E-state index contributed by atoms with van der Waals surface area (Å²) in [7, 11) is 0. The zero-order valence-electron chi connectivity index (χ0n) is 13.4. The van der Waals surface area contributed by atoms with E-state index in [2.05, 4.69) is 29.4 Å². The van der Waals surface area contributed by atoms with Gasteiger partial charge in [0, 0.05) is 26.2 Å². The molecule has 0 saturated carbocycles. The summed E-state index contributed by atoms with van der Waals surface area (Å²) in [6, 6.07) is 19.5. The minimum absolute atomic E-state index is 0. The van der Waals surface area contributed by atoms with E-state index in [9.17, 15) is 4.79 Å². The molecule has 0 atom stereocenters. The van der Waals surface area contributed by atoms with Gasteiger partial charge in [-0.2, -0.15) is 23.8 Å². The number of carbonyl (C=O) groups excluding carboxylic acids is 1. The van der Waals surface area contributed by atoms with Crippen LogP contribution >= 0.6 is 0 Å². The molecule has 0 spiro atoms. The first kappa shape index (κ1) is 19.8. The Balaban J connectivity index is 0.000000312. The Hall–Kier alpha value is -2.29. The van der Waals surface area contributed by atoms with Gasteiger partial charge in [0.2, 0.25) is 0 Å². The largest absolute Gasteiger partial charge is 0.512 e. The van der Waals surface area contributed by atoms with E-state index < -0.39 is 0 Å². The molecule has 0 fully saturated rings. The summed E-state index contributed by atoms with van der Waals surface area (Å²) in [6.45, 7) is 2.85. The number of aliphatic hydroxyl groups excluding tert-OH is 1. The van der Waals surface area contributed by atoms with Crippen LogP contribution in [0.4, 0.5) is 0 Å². The third-order valence-electron chi connectivity index (χ3n) is 3.00. The minimum atomic E-state index is -0.125. The van der Waals surface area contributed by atoms with Crippen LogP contribution in [0.2, 0.25) is 0 Å². The Bertz CT molecular complexity index is 781. The molecule has 3 rings (SSSR count). The fourth-order valence-electron chi connectivity index (χ4n) is 2.12. The predicted molar refractivity (Wildman–Crippen MR) is 91.0 cm³/mol. The Morgan fingerprint density at radius 1 is 1.12 bits per heavy atom. The van der Waals surface area contributed by atoms with Gasteiger partial charge in [-0.25, -0.2) is 11.1 Å². The molecule has 1 radical (unpaired) electrons. The maximum absolute atomic E-state index is 10.0. The van der Waals surface area contributed by atoms with Crippen LogP contribution in [0.15, 0.2) is 66.6 Å². The van der Waals surface area contributed by atoms with Gasteiger partial charge in [0.25, 0.3) is 0 Å². The van der Waals surface area contributed by atoms with Gasteiger partial charge in [-0.15, -0.1) is 23.8 Å². The zero-order valence-corrected chi connectivity index (χ0v) is 15.8. The number of aliphatic hydroxyl groups is 1. The van der Waals surface area contributed by atoms with Crippen LogP contribution in [0, 0.1) is 12.3 Å². The summed E-state index contributed by atoms with van der Waals surface area (Å²) < 4.78 is 0. The molecule has 1 aromatic heterocycles. The van der Waals surface area contributed by atoms with Gasteiger partial charge in [0.15, 0.2) is 5.78 Å². The predicted octanol–water partition coefficient (Wildman–Crippen LogP) is 4.49. The average Bonchev–Trinajstić information content (AvgIpc) is 2.76. The summed E-state index contributed by atoms with van der Waals surface area (Å²) >= 11 is 0. The first-order chi connectivity index (χ1) is 11.1. The summed E-state index contributed by atoms with van der Waals surface area (Å²) in [5, 5.41) is 8.36. The number of hydrogen-bond donors (Lipinski definition) is 1. The molecular formula is C20H17IrNO2-2. The van der Waals surface area contributed by atoms with Crippen molar-refractivity contribution in [3.05, 3.63) is 78.8 Å². The molecule has 1 aromatic rings. The topological polar surface area (TPSA) is 50.2 Å². The summed E-state index contributed by atoms with van der Waals surface area (Å²) in [5.41, 5.74) is 4.44. The Morgan fingerprint density at radius 3 is 2.46 bits per heavy atom. The summed E-state index contributed by atoms with van der Waals surface area (Å²) in [4.78, 5) is 14.0. The maximum Gasteiger partial charge on any atom is 0.155 e. The molecule has 4 heteroatoms. The SMILES string of the molecule is CC(=O)/C=C(/C)O.[Ir].[c-]1ncccc1-c1[c-]cc2cccccc1-2. The average molecular weight is 496 g/mol. The van der Waals surface area contributed by atoms with Crippen LogP contribution in [0.1, 0.15) is 13.8 Å². The van der Waals surface area contributed by atoms with Gasteiger partial charge in [0.05, 0.1) is 5.76 Å². The summed E-state index contributed by atoms with van der Waals surface area (Å²) in [5.74, 6) is -0.0625. The van der Waals surface area contributed by atoms with Crippen molar-refractivity contribution in [2.45, 2.75) is 13.8 Å². The number of nitrogens with zero attached hydrogens (tertiary/aromatic N) is 1. The van der Waals surface area contributed by atoms with Crippen molar-refractivity contribution in [2.24, 2.45) is 0 Å². The van der Waals surface area contributed by atoms with Crippen LogP contribution < -0.4 is 0 Å². The number of aromatic nitrogens is 1.